The van der Waals surface area contributed by atoms with Gasteiger partial charge in [0.15, 0.2) is 0 Å². The molecule has 4 rings (SSSR count). The van der Waals surface area contributed by atoms with E-state index in [2.05, 4.69) is 40.6 Å². The predicted molar refractivity (Wildman–Crippen MR) is 114 cm³/mol. The van der Waals surface area contributed by atoms with Crippen molar-refractivity contribution in [3.63, 3.8) is 0 Å². The first kappa shape index (κ1) is 20.3. The van der Waals surface area contributed by atoms with Gasteiger partial charge in [0.25, 0.3) is 0 Å². The van der Waals surface area contributed by atoms with E-state index in [1.165, 1.54) is 0 Å². The molecule has 26 heavy (non-hydrogen) atoms. The van der Waals surface area contributed by atoms with Gasteiger partial charge in [-0.3, -0.25) is 0 Å². The van der Waals surface area contributed by atoms with E-state index in [9.17, 15) is 0 Å². The monoisotopic (exact) mass is 391 g/mol. The lowest BCUT2D eigenvalue weighted by Gasteiger charge is -2.23. The van der Waals surface area contributed by atoms with E-state index < -0.39 is 0 Å². The first-order chi connectivity index (χ1) is 11.8. The number of fused-ring (bicyclic) bond motifs is 1. The number of nitrogen functional groups attached to an aromatic ring is 1. The van der Waals surface area contributed by atoms with Gasteiger partial charge in [-0.1, -0.05) is 30.3 Å². The van der Waals surface area contributed by atoms with Gasteiger partial charge in [-0.15, -0.1) is 24.8 Å². The lowest BCUT2D eigenvalue weighted by atomic mass is 9.98. The molecule has 2 heterocycles. The Morgan fingerprint density at radius 3 is 2.35 bits per heavy atom. The predicted octanol–water partition coefficient (Wildman–Crippen LogP) is 4.92. The fraction of sp³-hybridized carbons (Fsp3) is 0.250. The highest BCUT2D eigenvalue weighted by Gasteiger charge is 2.14. The van der Waals surface area contributed by atoms with Crippen molar-refractivity contribution >= 4 is 47.1 Å². The van der Waals surface area contributed by atoms with Crippen LogP contribution in [0.4, 0.5) is 11.5 Å². The summed E-state index contributed by atoms with van der Waals surface area (Å²) in [5.74, 6) is 0.922. The number of rotatable bonds is 3. The van der Waals surface area contributed by atoms with Crippen LogP contribution in [0.3, 0.4) is 0 Å². The molecule has 0 radical (unpaired) electrons. The molecule has 138 valence electrons. The number of hydrogen-bond acceptors (Lipinski definition) is 4. The quantitative estimate of drug-likeness (QED) is 0.622. The van der Waals surface area contributed by atoms with E-state index in [1.54, 1.807) is 0 Å². The molecule has 3 aromatic rings. The number of aromatic nitrogens is 1. The Hall–Kier alpha value is -2.01. The van der Waals surface area contributed by atoms with Crippen molar-refractivity contribution in [2.24, 2.45) is 0 Å². The Morgan fingerprint density at radius 1 is 0.923 bits per heavy atom. The SMILES string of the molecule is Cl.Cl.Nc1ccc(-c2ccc(NC3CCOCC3)nc2)c2ccccc12. The van der Waals surface area contributed by atoms with Gasteiger partial charge in [0.05, 0.1) is 0 Å². The number of nitrogens with zero attached hydrogens (tertiary/aromatic N) is 1. The van der Waals surface area contributed by atoms with Crippen molar-refractivity contribution < 1.29 is 4.74 Å². The third-order valence-corrected chi connectivity index (χ3v) is 4.61. The maximum absolute atomic E-state index is 6.10. The highest BCUT2D eigenvalue weighted by Crippen LogP contribution is 2.32. The Balaban J connectivity index is 0.00000121. The van der Waals surface area contributed by atoms with Crippen LogP contribution in [0.15, 0.2) is 54.7 Å². The van der Waals surface area contributed by atoms with Gasteiger partial charge in [0, 0.05) is 42.1 Å². The fourth-order valence-corrected chi connectivity index (χ4v) is 3.26. The van der Waals surface area contributed by atoms with Gasteiger partial charge in [-0.05, 0) is 42.0 Å². The number of pyridine rings is 1. The van der Waals surface area contributed by atoms with Gasteiger partial charge in [0.1, 0.15) is 5.82 Å². The molecule has 1 saturated heterocycles. The molecule has 1 aromatic heterocycles. The maximum atomic E-state index is 6.10. The molecule has 0 amide bonds. The molecule has 1 aliphatic rings. The Morgan fingerprint density at radius 2 is 1.65 bits per heavy atom. The van der Waals surface area contributed by atoms with Crippen LogP contribution in [0.5, 0.6) is 0 Å². The molecule has 0 saturated carbocycles. The summed E-state index contributed by atoms with van der Waals surface area (Å²) < 4.78 is 5.39. The number of nitrogens with one attached hydrogen (secondary N) is 1. The van der Waals surface area contributed by atoms with E-state index in [-0.39, 0.29) is 24.8 Å². The molecule has 1 aliphatic heterocycles. The lowest BCUT2D eigenvalue weighted by molar-refractivity contribution is 0.0904. The van der Waals surface area contributed by atoms with Crippen LogP contribution < -0.4 is 11.1 Å². The average Bonchev–Trinajstić information content (AvgIpc) is 2.64. The van der Waals surface area contributed by atoms with Crippen LogP contribution in [0, 0.1) is 0 Å². The summed E-state index contributed by atoms with van der Waals surface area (Å²) in [6.07, 6.45) is 4.00. The number of anilines is 2. The van der Waals surface area contributed by atoms with Crippen molar-refractivity contribution in [2.45, 2.75) is 18.9 Å². The Labute approximate surface area is 166 Å². The van der Waals surface area contributed by atoms with Crippen LogP contribution in [-0.2, 0) is 4.74 Å². The minimum absolute atomic E-state index is 0. The summed E-state index contributed by atoms with van der Waals surface area (Å²) in [5, 5.41) is 5.73. The third-order valence-electron chi connectivity index (χ3n) is 4.61. The second-order valence-electron chi connectivity index (χ2n) is 6.21. The third kappa shape index (κ3) is 4.21. The lowest BCUT2D eigenvalue weighted by Crippen LogP contribution is -2.28. The minimum atomic E-state index is 0. The maximum Gasteiger partial charge on any atom is 0.126 e. The highest BCUT2D eigenvalue weighted by atomic mass is 35.5. The van der Waals surface area contributed by atoms with Crippen LogP contribution in [0.2, 0.25) is 0 Å². The molecule has 0 bridgehead atoms. The summed E-state index contributed by atoms with van der Waals surface area (Å²) in [7, 11) is 0. The molecule has 3 N–H and O–H groups in total. The number of ether oxygens (including phenoxy) is 1. The highest BCUT2D eigenvalue weighted by molar-refractivity contribution is 6.02. The summed E-state index contributed by atoms with van der Waals surface area (Å²) in [6.45, 7) is 1.65. The van der Waals surface area contributed by atoms with E-state index in [1.807, 2.05) is 24.4 Å². The summed E-state index contributed by atoms with van der Waals surface area (Å²) in [6, 6.07) is 16.9. The van der Waals surface area contributed by atoms with Crippen molar-refractivity contribution in [1.29, 1.82) is 0 Å². The van der Waals surface area contributed by atoms with Crippen LogP contribution >= 0.6 is 24.8 Å². The van der Waals surface area contributed by atoms with Gasteiger partial charge in [-0.2, -0.15) is 0 Å². The average molecular weight is 392 g/mol. The zero-order chi connectivity index (χ0) is 16.4. The largest absolute Gasteiger partial charge is 0.398 e. The topological polar surface area (TPSA) is 60.2 Å². The van der Waals surface area contributed by atoms with Crippen molar-refractivity contribution in [3.8, 4) is 11.1 Å². The molecule has 6 heteroatoms. The zero-order valence-corrected chi connectivity index (χ0v) is 16.0. The van der Waals surface area contributed by atoms with Crippen LogP contribution in [0.25, 0.3) is 21.9 Å². The van der Waals surface area contributed by atoms with Gasteiger partial charge in [-0.25, -0.2) is 4.98 Å². The Kier molecular flexibility index (Phi) is 7.09. The number of hydrogen-bond donors (Lipinski definition) is 2. The molecule has 0 unspecified atom stereocenters. The number of benzene rings is 2. The molecular formula is C20H23Cl2N3O. The molecule has 0 spiro atoms. The van der Waals surface area contributed by atoms with Gasteiger partial charge in [0.2, 0.25) is 0 Å². The zero-order valence-electron chi connectivity index (χ0n) is 14.4. The molecule has 1 fully saturated rings. The second kappa shape index (κ2) is 9.08. The number of halogens is 2. The van der Waals surface area contributed by atoms with Crippen molar-refractivity contribution in [1.82, 2.24) is 4.98 Å². The summed E-state index contributed by atoms with van der Waals surface area (Å²) in [5.41, 5.74) is 9.16. The van der Waals surface area contributed by atoms with Crippen molar-refractivity contribution in [3.05, 3.63) is 54.7 Å². The second-order valence-corrected chi connectivity index (χ2v) is 6.21. The first-order valence-electron chi connectivity index (χ1n) is 8.39. The fourth-order valence-electron chi connectivity index (χ4n) is 3.26. The standard InChI is InChI=1S/C20H21N3O.2ClH/c21-19-7-6-16(17-3-1-2-4-18(17)19)14-5-8-20(22-13-14)23-15-9-11-24-12-10-15;;/h1-8,13,15H,9-12,21H2,(H,22,23);2*1H. The number of nitrogens with two attached hydrogens (primary N) is 1. The van der Waals surface area contributed by atoms with Crippen LogP contribution in [0.1, 0.15) is 12.8 Å². The smallest absolute Gasteiger partial charge is 0.126 e. The van der Waals surface area contributed by atoms with Gasteiger partial charge < -0.3 is 15.8 Å². The van der Waals surface area contributed by atoms with E-state index in [0.29, 0.717) is 6.04 Å². The van der Waals surface area contributed by atoms with Crippen molar-refractivity contribution in [2.75, 3.05) is 24.3 Å². The molecule has 0 atom stereocenters. The minimum Gasteiger partial charge on any atom is -0.398 e. The van der Waals surface area contributed by atoms with Gasteiger partial charge >= 0.3 is 0 Å². The summed E-state index contributed by atoms with van der Waals surface area (Å²) >= 11 is 0. The van der Waals surface area contributed by atoms with E-state index >= 15 is 0 Å². The Bertz CT molecular complexity index is 849. The molecule has 2 aromatic carbocycles. The van der Waals surface area contributed by atoms with E-state index in [4.69, 9.17) is 10.5 Å². The van der Waals surface area contributed by atoms with Crippen LogP contribution in [-0.4, -0.2) is 24.2 Å². The summed E-state index contributed by atoms with van der Waals surface area (Å²) in [4.78, 5) is 4.60. The van der Waals surface area contributed by atoms with E-state index in [0.717, 1.165) is 59.5 Å². The molecule has 4 nitrogen and oxygen atoms in total. The normalized spacial score (nSPS) is 14.3. The molecule has 0 aliphatic carbocycles. The molecular weight excluding hydrogens is 369 g/mol. The first-order valence-corrected chi connectivity index (χ1v) is 8.39.